The van der Waals surface area contributed by atoms with Gasteiger partial charge in [0.05, 0.1) is 0 Å². The zero-order chi connectivity index (χ0) is 15.8. The Labute approximate surface area is 131 Å². The molecule has 0 radical (unpaired) electrons. The maximum atomic E-state index is 13.7. The Hall–Kier alpha value is -2.88. The second-order valence-electron chi connectivity index (χ2n) is 5.36. The number of anilines is 1. The zero-order valence-electron chi connectivity index (χ0n) is 12.1. The predicted octanol–water partition coefficient (Wildman–Crippen LogP) is 5.48. The summed E-state index contributed by atoms with van der Waals surface area (Å²) in [6.07, 6.45) is 0. The fourth-order valence-corrected chi connectivity index (χ4v) is 2.73. The summed E-state index contributed by atoms with van der Waals surface area (Å²) in [6.45, 7) is 0.0831. The Morgan fingerprint density at radius 1 is 0.783 bits per heavy atom. The lowest BCUT2D eigenvalue weighted by Gasteiger charge is -2.08. The molecule has 4 aromatic rings. The van der Waals surface area contributed by atoms with Gasteiger partial charge in [-0.15, -0.1) is 0 Å². The number of benzene rings is 3. The molecule has 4 rings (SSSR count). The van der Waals surface area contributed by atoms with Crippen molar-refractivity contribution in [2.45, 2.75) is 6.54 Å². The molecule has 0 aliphatic heterocycles. The van der Waals surface area contributed by atoms with E-state index in [9.17, 15) is 8.78 Å². The van der Waals surface area contributed by atoms with Gasteiger partial charge in [0, 0.05) is 28.6 Å². The predicted molar refractivity (Wildman–Crippen MR) is 87.4 cm³/mol. The minimum atomic E-state index is -0.549. The molecule has 1 N–H and O–H groups in total. The van der Waals surface area contributed by atoms with Crippen LogP contribution in [0.25, 0.3) is 21.9 Å². The third-order valence-electron chi connectivity index (χ3n) is 3.91. The summed E-state index contributed by atoms with van der Waals surface area (Å²) in [4.78, 5) is 0. The van der Waals surface area contributed by atoms with Crippen molar-refractivity contribution in [1.29, 1.82) is 0 Å². The van der Waals surface area contributed by atoms with E-state index in [1.54, 1.807) is 0 Å². The lowest BCUT2D eigenvalue weighted by molar-refractivity contribution is 0.560. The topological polar surface area (TPSA) is 25.2 Å². The summed E-state index contributed by atoms with van der Waals surface area (Å²) >= 11 is 0. The quantitative estimate of drug-likeness (QED) is 0.542. The molecule has 2 nitrogen and oxygen atoms in total. The number of hydrogen-bond donors (Lipinski definition) is 1. The number of fused-ring (bicyclic) bond motifs is 3. The van der Waals surface area contributed by atoms with Crippen molar-refractivity contribution in [3.63, 3.8) is 0 Å². The first kappa shape index (κ1) is 13.8. The molecule has 0 bridgehead atoms. The molecule has 0 aliphatic carbocycles. The molecule has 0 amide bonds. The zero-order valence-corrected chi connectivity index (χ0v) is 12.1. The van der Waals surface area contributed by atoms with Gasteiger partial charge in [0.1, 0.15) is 22.8 Å². The van der Waals surface area contributed by atoms with Gasteiger partial charge < -0.3 is 9.73 Å². The van der Waals surface area contributed by atoms with Crippen LogP contribution in [0, 0.1) is 11.6 Å². The Morgan fingerprint density at radius 3 is 2.35 bits per heavy atom. The standard InChI is InChI=1S/C19H13F2NO/c20-16-5-3-6-17(21)15(16)11-22-12-8-9-19-14(10-12)13-4-1-2-7-18(13)23-19/h1-10,22H,11H2. The van der Waals surface area contributed by atoms with E-state index in [0.717, 1.165) is 27.6 Å². The van der Waals surface area contributed by atoms with Gasteiger partial charge >= 0.3 is 0 Å². The number of rotatable bonds is 3. The molecule has 0 saturated heterocycles. The largest absolute Gasteiger partial charge is 0.456 e. The Kier molecular flexibility index (Phi) is 3.23. The maximum absolute atomic E-state index is 13.7. The molecule has 4 heteroatoms. The monoisotopic (exact) mass is 309 g/mol. The normalized spacial score (nSPS) is 11.2. The van der Waals surface area contributed by atoms with E-state index in [4.69, 9.17) is 4.42 Å². The van der Waals surface area contributed by atoms with Crippen molar-refractivity contribution in [3.8, 4) is 0 Å². The van der Waals surface area contributed by atoms with Crippen LogP contribution in [-0.4, -0.2) is 0 Å². The highest BCUT2D eigenvalue weighted by atomic mass is 19.1. The third kappa shape index (κ3) is 2.42. The molecule has 0 fully saturated rings. The lowest BCUT2D eigenvalue weighted by atomic mass is 10.1. The molecule has 0 spiro atoms. The van der Waals surface area contributed by atoms with Crippen molar-refractivity contribution in [2.24, 2.45) is 0 Å². The summed E-state index contributed by atoms with van der Waals surface area (Å²) < 4.78 is 33.1. The fourth-order valence-electron chi connectivity index (χ4n) is 2.73. The van der Waals surface area contributed by atoms with E-state index >= 15 is 0 Å². The van der Waals surface area contributed by atoms with Gasteiger partial charge in [-0.25, -0.2) is 8.78 Å². The van der Waals surface area contributed by atoms with E-state index < -0.39 is 11.6 Å². The summed E-state index contributed by atoms with van der Waals surface area (Å²) in [5.74, 6) is -1.10. The summed E-state index contributed by atoms with van der Waals surface area (Å²) in [6, 6.07) is 17.3. The average molecular weight is 309 g/mol. The van der Waals surface area contributed by atoms with Gasteiger partial charge in [-0.1, -0.05) is 24.3 Å². The number of para-hydroxylation sites is 1. The third-order valence-corrected chi connectivity index (χ3v) is 3.91. The highest BCUT2D eigenvalue weighted by Crippen LogP contribution is 2.30. The molecular weight excluding hydrogens is 296 g/mol. The first-order valence-corrected chi connectivity index (χ1v) is 7.30. The Balaban J connectivity index is 1.68. The van der Waals surface area contributed by atoms with Crippen LogP contribution in [0.4, 0.5) is 14.5 Å². The second kappa shape index (κ2) is 5.39. The lowest BCUT2D eigenvalue weighted by Crippen LogP contribution is -2.04. The van der Waals surface area contributed by atoms with E-state index in [1.165, 1.54) is 18.2 Å². The minimum absolute atomic E-state index is 0.0321. The van der Waals surface area contributed by atoms with Crippen molar-refractivity contribution in [2.75, 3.05) is 5.32 Å². The number of hydrogen-bond acceptors (Lipinski definition) is 2. The molecule has 0 saturated carbocycles. The van der Waals surface area contributed by atoms with Crippen molar-refractivity contribution < 1.29 is 13.2 Å². The van der Waals surface area contributed by atoms with Gasteiger partial charge in [-0.2, -0.15) is 0 Å². The van der Waals surface area contributed by atoms with Crippen LogP contribution < -0.4 is 5.32 Å². The van der Waals surface area contributed by atoms with E-state index in [2.05, 4.69) is 5.32 Å². The average Bonchev–Trinajstić information content (AvgIpc) is 2.92. The fraction of sp³-hybridized carbons (Fsp3) is 0.0526. The van der Waals surface area contributed by atoms with Crippen LogP contribution in [-0.2, 0) is 6.54 Å². The molecule has 1 aromatic heterocycles. The Bertz CT molecular complexity index is 987. The van der Waals surface area contributed by atoms with E-state index in [0.29, 0.717) is 0 Å². The molecular formula is C19H13F2NO. The van der Waals surface area contributed by atoms with Crippen molar-refractivity contribution >= 4 is 27.6 Å². The molecule has 0 atom stereocenters. The smallest absolute Gasteiger partial charge is 0.135 e. The van der Waals surface area contributed by atoms with Gasteiger partial charge in [0.2, 0.25) is 0 Å². The summed E-state index contributed by atoms with van der Waals surface area (Å²) in [7, 11) is 0. The number of halogens is 2. The van der Waals surface area contributed by atoms with Crippen molar-refractivity contribution in [3.05, 3.63) is 77.9 Å². The van der Waals surface area contributed by atoms with E-state index in [1.807, 2.05) is 42.5 Å². The molecule has 3 aromatic carbocycles. The van der Waals surface area contributed by atoms with Crippen LogP contribution >= 0.6 is 0 Å². The number of furan rings is 1. The molecule has 23 heavy (non-hydrogen) atoms. The minimum Gasteiger partial charge on any atom is -0.456 e. The maximum Gasteiger partial charge on any atom is 0.135 e. The van der Waals surface area contributed by atoms with Gasteiger partial charge in [-0.3, -0.25) is 0 Å². The highest BCUT2D eigenvalue weighted by molar-refractivity contribution is 6.05. The molecule has 0 unspecified atom stereocenters. The second-order valence-corrected chi connectivity index (χ2v) is 5.36. The van der Waals surface area contributed by atoms with Crippen LogP contribution in [0.5, 0.6) is 0 Å². The molecule has 114 valence electrons. The first-order chi connectivity index (χ1) is 11.2. The van der Waals surface area contributed by atoms with Crippen molar-refractivity contribution in [1.82, 2.24) is 0 Å². The van der Waals surface area contributed by atoms with Gasteiger partial charge in [0.15, 0.2) is 0 Å². The van der Waals surface area contributed by atoms with Crippen LogP contribution in [0.3, 0.4) is 0 Å². The Morgan fingerprint density at radius 2 is 1.52 bits per heavy atom. The summed E-state index contributed by atoms with van der Waals surface area (Å²) in [5.41, 5.74) is 2.42. The van der Waals surface area contributed by atoms with Gasteiger partial charge in [-0.05, 0) is 36.4 Å². The molecule has 1 heterocycles. The van der Waals surface area contributed by atoms with Crippen LogP contribution in [0.2, 0.25) is 0 Å². The summed E-state index contributed by atoms with van der Waals surface area (Å²) in [5, 5.41) is 5.06. The first-order valence-electron chi connectivity index (χ1n) is 7.30. The van der Waals surface area contributed by atoms with Crippen LogP contribution in [0.15, 0.2) is 65.1 Å². The molecule has 0 aliphatic rings. The van der Waals surface area contributed by atoms with Gasteiger partial charge in [0.25, 0.3) is 0 Å². The van der Waals surface area contributed by atoms with E-state index in [-0.39, 0.29) is 12.1 Å². The number of nitrogens with one attached hydrogen (secondary N) is 1. The highest BCUT2D eigenvalue weighted by Gasteiger charge is 2.09. The SMILES string of the molecule is Fc1cccc(F)c1CNc1ccc2oc3ccccc3c2c1. The van der Waals surface area contributed by atoms with Crippen LogP contribution in [0.1, 0.15) is 5.56 Å².